The van der Waals surface area contributed by atoms with Crippen molar-refractivity contribution in [3.8, 4) is 5.75 Å². The van der Waals surface area contributed by atoms with Crippen LogP contribution in [0, 0.1) is 6.92 Å². The van der Waals surface area contributed by atoms with Gasteiger partial charge in [-0.2, -0.15) is 11.8 Å². The van der Waals surface area contributed by atoms with Gasteiger partial charge < -0.3 is 15.4 Å². The van der Waals surface area contributed by atoms with Crippen LogP contribution in [0.4, 0.5) is 5.13 Å². The molecule has 0 aliphatic heterocycles. The fourth-order valence-corrected chi connectivity index (χ4v) is 3.34. The molecular formula is C17H21N3O3S2. The second kappa shape index (κ2) is 9.43. The molecule has 0 spiro atoms. The van der Waals surface area contributed by atoms with Crippen molar-refractivity contribution >= 4 is 40.0 Å². The van der Waals surface area contributed by atoms with Gasteiger partial charge in [-0.1, -0.05) is 12.1 Å². The number of benzene rings is 1. The number of nitrogens with one attached hydrogen (secondary N) is 2. The average molecular weight is 380 g/mol. The van der Waals surface area contributed by atoms with Crippen LogP contribution in [0.2, 0.25) is 0 Å². The van der Waals surface area contributed by atoms with Crippen molar-refractivity contribution in [1.29, 1.82) is 0 Å². The summed E-state index contributed by atoms with van der Waals surface area (Å²) >= 11 is 2.98. The number of carbonyl (C=O) groups excluding carboxylic acids is 2. The number of ether oxygens (including phenoxy) is 1. The topological polar surface area (TPSA) is 80.3 Å². The van der Waals surface area contributed by atoms with Gasteiger partial charge in [0, 0.05) is 5.38 Å². The maximum atomic E-state index is 12.6. The summed E-state index contributed by atoms with van der Waals surface area (Å²) in [5.74, 6) is 0.613. The molecule has 1 heterocycles. The van der Waals surface area contributed by atoms with Crippen molar-refractivity contribution < 1.29 is 14.3 Å². The van der Waals surface area contributed by atoms with Crippen LogP contribution in [0.5, 0.6) is 5.75 Å². The molecule has 0 bridgehead atoms. The molecule has 2 aromatic rings. The van der Waals surface area contributed by atoms with Gasteiger partial charge in [0.2, 0.25) is 5.91 Å². The molecule has 1 aromatic heterocycles. The van der Waals surface area contributed by atoms with E-state index in [4.69, 9.17) is 4.74 Å². The van der Waals surface area contributed by atoms with Crippen molar-refractivity contribution in [2.24, 2.45) is 0 Å². The predicted molar refractivity (Wildman–Crippen MR) is 103 cm³/mol. The van der Waals surface area contributed by atoms with Crippen molar-refractivity contribution in [1.82, 2.24) is 10.3 Å². The normalized spacial score (nSPS) is 11.6. The molecular weight excluding hydrogens is 358 g/mol. The van der Waals surface area contributed by atoms with Crippen LogP contribution in [0.3, 0.4) is 0 Å². The number of hydrogen-bond donors (Lipinski definition) is 2. The number of para-hydroxylation sites is 1. The van der Waals surface area contributed by atoms with E-state index >= 15 is 0 Å². The van der Waals surface area contributed by atoms with Gasteiger partial charge in [-0.25, -0.2) is 4.98 Å². The molecule has 0 aliphatic carbocycles. The van der Waals surface area contributed by atoms with E-state index in [0.717, 1.165) is 11.4 Å². The highest BCUT2D eigenvalue weighted by molar-refractivity contribution is 7.98. The van der Waals surface area contributed by atoms with Crippen LogP contribution in [0.25, 0.3) is 0 Å². The summed E-state index contributed by atoms with van der Waals surface area (Å²) in [5, 5.41) is 7.96. The number of methoxy groups -OCH3 is 1. The number of aryl methyl sites for hydroxylation is 1. The zero-order valence-electron chi connectivity index (χ0n) is 14.4. The molecule has 6 nitrogen and oxygen atoms in total. The van der Waals surface area contributed by atoms with Crippen molar-refractivity contribution in [2.45, 2.75) is 19.4 Å². The Kier molecular flexibility index (Phi) is 7.27. The van der Waals surface area contributed by atoms with Gasteiger partial charge in [0.25, 0.3) is 5.91 Å². The van der Waals surface area contributed by atoms with Crippen LogP contribution >= 0.6 is 23.1 Å². The first-order chi connectivity index (χ1) is 12.0. The molecule has 25 heavy (non-hydrogen) atoms. The van der Waals surface area contributed by atoms with E-state index in [9.17, 15) is 9.59 Å². The quantitative estimate of drug-likeness (QED) is 0.737. The minimum atomic E-state index is -0.644. The standard InChI is InChI=1S/C17H21N3O3S2/c1-11-10-25-17(18-11)20-16(22)13(8-9-24-3)19-15(21)12-6-4-5-7-14(12)23-2/h4-7,10,13H,8-9H2,1-3H3,(H,19,21)(H,18,20,22)/t13-/m0/s1. The van der Waals surface area contributed by atoms with E-state index in [2.05, 4.69) is 15.6 Å². The van der Waals surface area contributed by atoms with Crippen LogP contribution < -0.4 is 15.4 Å². The van der Waals surface area contributed by atoms with Gasteiger partial charge >= 0.3 is 0 Å². The molecule has 1 atom stereocenters. The third-order valence-corrected chi connectivity index (χ3v) is 4.95. The Balaban J connectivity index is 2.10. The molecule has 0 unspecified atom stereocenters. The first-order valence-corrected chi connectivity index (χ1v) is 9.98. The maximum absolute atomic E-state index is 12.6. The first-order valence-electron chi connectivity index (χ1n) is 7.71. The average Bonchev–Trinajstić information content (AvgIpc) is 3.02. The largest absolute Gasteiger partial charge is 0.496 e. The minimum absolute atomic E-state index is 0.272. The predicted octanol–water partition coefficient (Wildman–Crippen LogP) is 2.95. The van der Waals surface area contributed by atoms with Gasteiger partial charge in [-0.05, 0) is 37.5 Å². The lowest BCUT2D eigenvalue weighted by Gasteiger charge is -2.18. The molecule has 0 aliphatic rings. The molecule has 0 fully saturated rings. The van der Waals surface area contributed by atoms with Crippen LogP contribution in [-0.2, 0) is 4.79 Å². The fourth-order valence-electron chi connectivity index (χ4n) is 2.18. The molecule has 2 rings (SSSR count). The van der Waals surface area contributed by atoms with E-state index in [-0.39, 0.29) is 11.8 Å². The minimum Gasteiger partial charge on any atom is -0.496 e. The Labute approximate surface area is 155 Å². The number of anilines is 1. The second-order valence-electron chi connectivity index (χ2n) is 5.29. The van der Waals surface area contributed by atoms with E-state index in [1.165, 1.54) is 18.4 Å². The highest BCUT2D eigenvalue weighted by Crippen LogP contribution is 2.18. The Bertz CT molecular complexity index is 733. The lowest BCUT2D eigenvalue weighted by Crippen LogP contribution is -2.44. The SMILES string of the molecule is COc1ccccc1C(=O)N[C@@H](CCSC)C(=O)Nc1nc(C)cs1. The number of thioether (sulfide) groups is 1. The van der Waals surface area contributed by atoms with E-state index in [1.54, 1.807) is 36.0 Å². The van der Waals surface area contributed by atoms with Crippen LogP contribution in [-0.4, -0.2) is 42.0 Å². The van der Waals surface area contributed by atoms with Crippen molar-refractivity contribution in [3.63, 3.8) is 0 Å². The van der Waals surface area contributed by atoms with Gasteiger partial charge in [0.15, 0.2) is 5.13 Å². The first kappa shape index (κ1) is 19.3. The number of amides is 2. The number of carbonyl (C=O) groups is 2. The van der Waals surface area contributed by atoms with Gasteiger partial charge in [-0.3, -0.25) is 9.59 Å². The summed E-state index contributed by atoms with van der Waals surface area (Å²) in [4.78, 5) is 29.3. The molecule has 0 saturated carbocycles. The van der Waals surface area contributed by atoms with Crippen molar-refractivity contribution in [3.05, 3.63) is 40.9 Å². The van der Waals surface area contributed by atoms with Gasteiger partial charge in [0.05, 0.1) is 18.4 Å². The van der Waals surface area contributed by atoms with E-state index in [1.807, 2.05) is 18.6 Å². The zero-order valence-corrected chi connectivity index (χ0v) is 16.0. The highest BCUT2D eigenvalue weighted by atomic mass is 32.2. The summed E-state index contributed by atoms with van der Waals surface area (Å²) in [6, 6.07) is 6.28. The maximum Gasteiger partial charge on any atom is 0.255 e. The monoisotopic (exact) mass is 379 g/mol. The Hall–Kier alpha value is -2.06. The van der Waals surface area contributed by atoms with E-state index < -0.39 is 6.04 Å². The number of aromatic nitrogens is 1. The van der Waals surface area contributed by atoms with Crippen LogP contribution in [0.1, 0.15) is 22.5 Å². The Morgan fingerprint density at radius 1 is 1.36 bits per heavy atom. The molecule has 2 amide bonds. The Morgan fingerprint density at radius 3 is 2.76 bits per heavy atom. The molecule has 0 saturated heterocycles. The summed E-state index contributed by atoms with van der Waals surface area (Å²) < 4.78 is 5.21. The fraction of sp³-hybridized carbons (Fsp3) is 0.353. The van der Waals surface area contributed by atoms with Crippen molar-refractivity contribution in [2.75, 3.05) is 24.4 Å². The summed E-state index contributed by atoms with van der Waals surface area (Å²) in [7, 11) is 1.51. The number of thiazole rings is 1. The Morgan fingerprint density at radius 2 is 2.12 bits per heavy atom. The summed E-state index contributed by atoms with van der Waals surface area (Å²) in [5.41, 5.74) is 1.25. The summed E-state index contributed by atoms with van der Waals surface area (Å²) in [6.45, 7) is 1.86. The number of rotatable bonds is 8. The second-order valence-corrected chi connectivity index (χ2v) is 7.13. The molecule has 134 valence electrons. The third-order valence-electron chi connectivity index (χ3n) is 3.43. The number of nitrogens with zero attached hydrogens (tertiary/aromatic N) is 1. The number of hydrogen-bond acceptors (Lipinski definition) is 6. The zero-order chi connectivity index (χ0) is 18.2. The lowest BCUT2D eigenvalue weighted by molar-refractivity contribution is -0.118. The third kappa shape index (κ3) is 5.47. The molecule has 1 aromatic carbocycles. The van der Waals surface area contributed by atoms with Crippen LogP contribution in [0.15, 0.2) is 29.6 Å². The molecule has 2 N–H and O–H groups in total. The highest BCUT2D eigenvalue weighted by Gasteiger charge is 2.23. The summed E-state index contributed by atoms with van der Waals surface area (Å²) in [6.07, 6.45) is 2.49. The molecule has 0 radical (unpaired) electrons. The molecule has 8 heteroatoms. The van der Waals surface area contributed by atoms with Gasteiger partial charge in [0.1, 0.15) is 11.8 Å². The van der Waals surface area contributed by atoms with E-state index in [0.29, 0.717) is 22.9 Å². The lowest BCUT2D eigenvalue weighted by atomic mass is 10.1. The smallest absolute Gasteiger partial charge is 0.255 e. The van der Waals surface area contributed by atoms with Gasteiger partial charge in [-0.15, -0.1) is 11.3 Å².